The van der Waals surface area contributed by atoms with Crippen molar-refractivity contribution in [3.05, 3.63) is 96.7 Å². The van der Waals surface area contributed by atoms with Crippen LogP contribution in [-0.2, 0) is 11.3 Å². The first kappa shape index (κ1) is 30.8. The zero-order valence-corrected chi connectivity index (χ0v) is 26.6. The summed E-state index contributed by atoms with van der Waals surface area (Å²) in [7, 11) is 1.65. The zero-order valence-electron chi connectivity index (χ0n) is 26.6. The highest BCUT2D eigenvalue weighted by Gasteiger charge is 2.29. The lowest BCUT2D eigenvalue weighted by atomic mass is 10.1. The molecule has 1 aliphatic heterocycles. The molecule has 0 unspecified atom stereocenters. The third-order valence-corrected chi connectivity index (χ3v) is 7.51. The van der Waals surface area contributed by atoms with Crippen molar-refractivity contribution in [2.75, 3.05) is 25.5 Å². The van der Waals surface area contributed by atoms with Crippen LogP contribution in [0.25, 0.3) is 11.0 Å². The number of nitrogens with one attached hydrogen (secondary N) is 1. The third kappa shape index (κ3) is 7.51. The van der Waals surface area contributed by atoms with E-state index in [4.69, 9.17) is 29.0 Å². The Morgan fingerprint density at radius 1 is 0.913 bits per heavy atom. The molecule has 2 aromatic heterocycles. The second-order valence-corrected chi connectivity index (χ2v) is 12.3. The summed E-state index contributed by atoms with van der Waals surface area (Å²) >= 11 is 0. The Hall–Kier alpha value is -5.25. The van der Waals surface area contributed by atoms with E-state index >= 15 is 0 Å². The Bertz CT molecular complexity index is 1780. The van der Waals surface area contributed by atoms with Gasteiger partial charge >= 0.3 is 6.09 Å². The van der Waals surface area contributed by atoms with Gasteiger partial charge in [-0.1, -0.05) is 36.4 Å². The number of methoxy groups -OCH3 is 1. The van der Waals surface area contributed by atoms with Crippen molar-refractivity contribution in [1.29, 1.82) is 0 Å². The first-order chi connectivity index (χ1) is 22.2. The maximum Gasteiger partial charge on any atom is 0.410 e. The number of carbonyl (C=O) groups excluding carboxylic acids is 1. The summed E-state index contributed by atoms with van der Waals surface area (Å²) in [5.41, 5.74) is 1.16. The van der Waals surface area contributed by atoms with E-state index in [1.807, 2.05) is 110 Å². The molecule has 0 saturated carbocycles. The van der Waals surface area contributed by atoms with Gasteiger partial charge in [-0.3, -0.25) is 0 Å². The summed E-state index contributed by atoms with van der Waals surface area (Å²) in [6.07, 6.45) is 3.14. The Morgan fingerprint density at radius 3 is 2.39 bits per heavy atom. The van der Waals surface area contributed by atoms with Crippen molar-refractivity contribution in [2.24, 2.45) is 0 Å². The smallest absolute Gasteiger partial charge is 0.410 e. The molecular weight excluding hydrogens is 582 g/mol. The number of amides is 1. The molecule has 238 valence electrons. The quantitative estimate of drug-likeness (QED) is 0.177. The number of pyridine rings is 1. The second-order valence-electron chi connectivity index (χ2n) is 12.3. The monoisotopic (exact) mass is 621 g/mol. The molecule has 0 aliphatic carbocycles. The predicted molar refractivity (Wildman–Crippen MR) is 177 cm³/mol. The first-order valence-electron chi connectivity index (χ1n) is 15.5. The second kappa shape index (κ2) is 13.4. The molecule has 1 N–H and O–H groups in total. The van der Waals surface area contributed by atoms with Crippen LogP contribution >= 0.6 is 0 Å². The zero-order chi connectivity index (χ0) is 32.1. The predicted octanol–water partition coefficient (Wildman–Crippen LogP) is 7.88. The molecule has 3 aromatic carbocycles. The van der Waals surface area contributed by atoms with E-state index in [9.17, 15) is 4.79 Å². The molecule has 0 spiro atoms. The average molecular weight is 622 g/mol. The van der Waals surface area contributed by atoms with E-state index < -0.39 is 5.60 Å². The van der Waals surface area contributed by atoms with Gasteiger partial charge in [0.05, 0.1) is 13.7 Å². The lowest BCUT2D eigenvalue weighted by Gasteiger charge is -2.34. The highest BCUT2D eigenvalue weighted by atomic mass is 16.6. The molecule has 10 nitrogen and oxygen atoms in total. The lowest BCUT2D eigenvalue weighted by Crippen LogP contribution is -2.47. The number of likely N-dealkylation sites (tertiary alicyclic amines) is 1. The van der Waals surface area contributed by atoms with Gasteiger partial charge in [-0.2, -0.15) is 5.10 Å². The average Bonchev–Trinajstić information content (AvgIpc) is 3.38. The van der Waals surface area contributed by atoms with Gasteiger partial charge < -0.3 is 29.2 Å². The molecule has 0 radical (unpaired) electrons. The van der Waals surface area contributed by atoms with Crippen molar-refractivity contribution < 1.29 is 23.7 Å². The summed E-state index contributed by atoms with van der Waals surface area (Å²) in [4.78, 5) is 19.4. The number of nitrogens with zero attached hydrogens (tertiary/aromatic N) is 4. The van der Waals surface area contributed by atoms with E-state index in [1.165, 1.54) is 0 Å². The van der Waals surface area contributed by atoms with E-state index in [0.29, 0.717) is 48.3 Å². The molecule has 3 heterocycles. The number of carbonyl (C=O) groups is 1. The standard InChI is InChI=1S/C36H39N5O5/c1-36(2,3)46-35(42)40-21-9-10-26(24-40)38-33-32-31(45-30-14-8-13-29(22-30)44-28-11-6-5-7-12-28)19-20-37-34(32)41(39-33)23-25-15-17-27(43-4)18-16-25/h5-8,11-20,22,26H,9-10,21,23-24H2,1-4H3,(H,38,39)/t26-/m1/s1. The van der Waals surface area contributed by atoms with Gasteiger partial charge in [-0.15, -0.1) is 0 Å². The number of hydrogen-bond acceptors (Lipinski definition) is 8. The number of piperidine rings is 1. The molecule has 0 bridgehead atoms. The van der Waals surface area contributed by atoms with Crippen LogP contribution in [0.1, 0.15) is 39.2 Å². The molecule has 46 heavy (non-hydrogen) atoms. The first-order valence-corrected chi connectivity index (χ1v) is 15.5. The van der Waals surface area contributed by atoms with Crippen molar-refractivity contribution in [3.8, 4) is 28.7 Å². The van der Waals surface area contributed by atoms with Crippen molar-refractivity contribution in [1.82, 2.24) is 19.7 Å². The van der Waals surface area contributed by atoms with Crippen LogP contribution in [0.4, 0.5) is 10.6 Å². The maximum absolute atomic E-state index is 12.9. The number of aromatic nitrogens is 3. The number of fused-ring (bicyclic) bond motifs is 1. The molecule has 1 amide bonds. The van der Waals surface area contributed by atoms with Crippen LogP contribution < -0.4 is 19.5 Å². The number of para-hydroxylation sites is 1. The van der Waals surface area contributed by atoms with Gasteiger partial charge in [0.1, 0.15) is 39.7 Å². The molecule has 10 heteroatoms. The summed E-state index contributed by atoms with van der Waals surface area (Å²) in [5.74, 6) is 4.04. The molecule has 6 rings (SSSR count). The van der Waals surface area contributed by atoms with Crippen molar-refractivity contribution >= 4 is 22.9 Å². The van der Waals surface area contributed by atoms with Crippen LogP contribution in [0.2, 0.25) is 0 Å². The van der Waals surface area contributed by atoms with Crippen LogP contribution in [0, 0.1) is 0 Å². The number of hydrogen-bond donors (Lipinski definition) is 1. The molecule has 1 saturated heterocycles. The van der Waals surface area contributed by atoms with Gasteiger partial charge in [0.2, 0.25) is 0 Å². The highest BCUT2D eigenvalue weighted by Crippen LogP contribution is 2.36. The topological polar surface area (TPSA) is 100.0 Å². The Labute approximate surface area is 268 Å². The molecule has 1 aliphatic rings. The normalized spacial score (nSPS) is 15.0. The van der Waals surface area contributed by atoms with Crippen LogP contribution in [0.3, 0.4) is 0 Å². The molecule has 5 aromatic rings. The fourth-order valence-corrected chi connectivity index (χ4v) is 5.40. The number of ether oxygens (including phenoxy) is 4. The fourth-order valence-electron chi connectivity index (χ4n) is 5.40. The van der Waals surface area contributed by atoms with E-state index in [2.05, 4.69) is 5.32 Å². The SMILES string of the molecule is COc1ccc(Cn2nc(N[C@@H]3CCCN(C(=O)OC(C)(C)C)C3)c3c(Oc4cccc(Oc5ccccc5)c4)ccnc32)cc1. The van der Waals surface area contributed by atoms with Gasteiger partial charge in [-0.05, 0) is 75.6 Å². The summed E-state index contributed by atoms with van der Waals surface area (Å²) < 4.78 is 25.4. The Morgan fingerprint density at radius 2 is 1.65 bits per heavy atom. The van der Waals surface area contributed by atoms with E-state index in [1.54, 1.807) is 18.2 Å². The lowest BCUT2D eigenvalue weighted by molar-refractivity contribution is 0.0206. The van der Waals surface area contributed by atoms with Gasteiger partial charge in [0, 0.05) is 37.5 Å². The molecular formula is C36H39N5O5. The van der Waals surface area contributed by atoms with E-state index in [-0.39, 0.29) is 12.1 Å². The van der Waals surface area contributed by atoms with Gasteiger partial charge in [-0.25, -0.2) is 14.5 Å². The Balaban J connectivity index is 1.31. The largest absolute Gasteiger partial charge is 0.497 e. The maximum atomic E-state index is 12.9. The van der Waals surface area contributed by atoms with Gasteiger partial charge in [0.15, 0.2) is 11.5 Å². The summed E-state index contributed by atoms with van der Waals surface area (Å²) in [6, 6.07) is 26.8. The molecule has 1 fully saturated rings. The van der Waals surface area contributed by atoms with Crippen molar-refractivity contribution in [3.63, 3.8) is 0 Å². The van der Waals surface area contributed by atoms with Crippen molar-refractivity contribution in [2.45, 2.75) is 51.8 Å². The van der Waals surface area contributed by atoms with Gasteiger partial charge in [0.25, 0.3) is 0 Å². The fraction of sp³-hybridized carbons (Fsp3) is 0.306. The third-order valence-electron chi connectivity index (χ3n) is 7.51. The Kier molecular flexibility index (Phi) is 8.96. The highest BCUT2D eigenvalue weighted by molar-refractivity contribution is 5.93. The summed E-state index contributed by atoms with van der Waals surface area (Å²) in [6.45, 7) is 7.28. The number of rotatable bonds is 9. The minimum Gasteiger partial charge on any atom is -0.497 e. The number of anilines is 1. The van der Waals surface area contributed by atoms with Crippen LogP contribution in [-0.4, -0.2) is 57.6 Å². The van der Waals surface area contributed by atoms with E-state index in [0.717, 1.165) is 35.3 Å². The summed E-state index contributed by atoms with van der Waals surface area (Å²) in [5, 5.41) is 9.37. The number of benzene rings is 3. The van der Waals surface area contributed by atoms with Crippen LogP contribution in [0.15, 0.2) is 91.1 Å². The van der Waals surface area contributed by atoms with Crippen LogP contribution in [0.5, 0.6) is 28.7 Å². The minimum absolute atomic E-state index is 0.0375. The minimum atomic E-state index is -0.560. The molecule has 1 atom stereocenters.